The number of benzene rings is 1. The van der Waals surface area contributed by atoms with Crippen LogP contribution in [0.25, 0.3) is 0 Å². The lowest BCUT2D eigenvalue weighted by molar-refractivity contribution is 0.131. The molecule has 1 aromatic rings. The number of unbranched alkanes of at least 4 members (excludes halogenated alkanes) is 8. The fraction of sp³-hybridized carbons (Fsp3) is 0.824. The Balaban J connectivity index is 1.39. The van der Waals surface area contributed by atoms with Crippen molar-refractivity contribution in [3.8, 4) is 5.75 Å². The summed E-state index contributed by atoms with van der Waals surface area (Å²) in [7, 11) is 0. The maximum atomic E-state index is 15.0. The molecule has 0 aliphatic heterocycles. The molecule has 2 saturated carbocycles. The summed E-state index contributed by atoms with van der Waals surface area (Å²) in [5.74, 6) is 2.10. The van der Waals surface area contributed by atoms with Crippen LogP contribution in [0, 0.1) is 35.3 Å². The lowest BCUT2D eigenvalue weighted by atomic mass is 9.66. The Morgan fingerprint density at radius 2 is 1.27 bits per heavy atom. The summed E-state index contributed by atoms with van der Waals surface area (Å²) < 4.78 is 35.3. The molecule has 0 bridgehead atoms. The molecule has 0 aromatic heterocycles. The molecular weight excluding hydrogens is 462 g/mol. The summed E-state index contributed by atoms with van der Waals surface area (Å²) in [5, 5.41) is 0. The fourth-order valence-corrected chi connectivity index (χ4v) is 7.24. The van der Waals surface area contributed by atoms with E-state index in [0.717, 1.165) is 62.2 Å². The van der Waals surface area contributed by atoms with Crippen molar-refractivity contribution in [3.05, 3.63) is 29.3 Å². The SMILES string of the molecule is CCCCCCCOc1ccc([C@H]2CC[C@H](C(C)C3CCC(CCCCCCC)CC3)CC2)c(F)c1F. The first kappa shape index (κ1) is 30.4. The molecular formula is C34H56F2O. The van der Waals surface area contributed by atoms with Gasteiger partial charge in [0.2, 0.25) is 5.82 Å². The summed E-state index contributed by atoms with van der Waals surface area (Å²) in [6.07, 6.45) is 23.9. The van der Waals surface area contributed by atoms with E-state index in [1.165, 1.54) is 83.5 Å². The van der Waals surface area contributed by atoms with E-state index in [2.05, 4.69) is 20.8 Å². The minimum atomic E-state index is -0.788. The minimum Gasteiger partial charge on any atom is -0.490 e. The molecule has 2 aliphatic rings. The van der Waals surface area contributed by atoms with Crippen LogP contribution in [-0.4, -0.2) is 6.61 Å². The average molecular weight is 519 g/mol. The predicted octanol–water partition coefficient (Wildman–Crippen LogP) is 11.4. The second kappa shape index (κ2) is 16.8. The monoisotopic (exact) mass is 518 g/mol. The molecule has 0 N–H and O–H groups in total. The zero-order chi connectivity index (χ0) is 26.5. The summed E-state index contributed by atoms with van der Waals surface area (Å²) in [5.41, 5.74) is 0.568. The van der Waals surface area contributed by atoms with Crippen molar-refractivity contribution in [2.75, 3.05) is 6.61 Å². The van der Waals surface area contributed by atoms with Crippen LogP contribution < -0.4 is 4.74 Å². The summed E-state index contributed by atoms with van der Waals surface area (Å²) >= 11 is 0. The third kappa shape index (κ3) is 9.54. The average Bonchev–Trinajstić information content (AvgIpc) is 2.93. The van der Waals surface area contributed by atoms with Gasteiger partial charge in [-0.05, 0) is 86.2 Å². The predicted molar refractivity (Wildman–Crippen MR) is 153 cm³/mol. The van der Waals surface area contributed by atoms with E-state index >= 15 is 4.39 Å². The molecule has 37 heavy (non-hydrogen) atoms. The number of ether oxygens (including phenoxy) is 1. The Morgan fingerprint density at radius 3 is 1.89 bits per heavy atom. The third-order valence-electron chi connectivity index (χ3n) is 9.89. The smallest absolute Gasteiger partial charge is 0.200 e. The summed E-state index contributed by atoms with van der Waals surface area (Å²) in [4.78, 5) is 0. The Bertz CT molecular complexity index is 746. The Hall–Kier alpha value is -1.12. The quantitative estimate of drug-likeness (QED) is 0.198. The standard InChI is InChI=1S/C34H56F2O/c1-4-6-8-10-12-14-27-15-17-28(18-16-27)26(3)29-19-21-30(22-20-29)31-23-24-32(34(36)33(31)35)37-25-13-11-9-7-5-2/h23-24,26-30H,4-22,25H2,1-3H3/t26?,27?,28?,29-,30-. The van der Waals surface area contributed by atoms with Gasteiger partial charge in [0.05, 0.1) is 6.61 Å². The Morgan fingerprint density at radius 1 is 0.703 bits per heavy atom. The second-order valence-corrected chi connectivity index (χ2v) is 12.5. The third-order valence-corrected chi connectivity index (χ3v) is 9.89. The molecule has 0 saturated heterocycles. The molecule has 2 fully saturated rings. The highest BCUT2D eigenvalue weighted by Crippen LogP contribution is 2.45. The van der Waals surface area contributed by atoms with Crippen LogP contribution in [-0.2, 0) is 0 Å². The van der Waals surface area contributed by atoms with Crippen molar-refractivity contribution in [1.29, 1.82) is 0 Å². The van der Waals surface area contributed by atoms with Crippen LogP contribution in [0.1, 0.15) is 154 Å². The van der Waals surface area contributed by atoms with Crippen LogP contribution >= 0.6 is 0 Å². The van der Waals surface area contributed by atoms with Crippen molar-refractivity contribution < 1.29 is 13.5 Å². The van der Waals surface area contributed by atoms with Crippen molar-refractivity contribution in [3.63, 3.8) is 0 Å². The zero-order valence-electron chi connectivity index (χ0n) is 24.3. The van der Waals surface area contributed by atoms with E-state index in [4.69, 9.17) is 4.74 Å². The van der Waals surface area contributed by atoms with Crippen LogP contribution in [0.4, 0.5) is 8.78 Å². The van der Waals surface area contributed by atoms with Gasteiger partial charge in [-0.15, -0.1) is 0 Å². The highest BCUT2D eigenvalue weighted by molar-refractivity contribution is 5.33. The lowest BCUT2D eigenvalue weighted by Gasteiger charge is -2.39. The van der Waals surface area contributed by atoms with Gasteiger partial charge in [-0.25, -0.2) is 4.39 Å². The number of hydrogen-bond acceptors (Lipinski definition) is 1. The second-order valence-electron chi connectivity index (χ2n) is 12.5. The van der Waals surface area contributed by atoms with E-state index in [1.54, 1.807) is 12.1 Å². The van der Waals surface area contributed by atoms with Crippen LogP contribution in [0.3, 0.4) is 0 Å². The van der Waals surface area contributed by atoms with Crippen molar-refractivity contribution >= 4 is 0 Å². The van der Waals surface area contributed by atoms with Crippen molar-refractivity contribution in [2.45, 2.75) is 149 Å². The van der Waals surface area contributed by atoms with E-state index < -0.39 is 11.6 Å². The van der Waals surface area contributed by atoms with Crippen molar-refractivity contribution in [1.82, 2.24) is 0 Å². The van der Waals surface area contributed by atoms with Gasteiger partial charge in [0.25, 0.3) is 0 Å². The molecule has 1 aromatic carbocycles. The van der Waals surface area contributed by atoms with Crippen LogP contribution in [0.5, 0.6) is 5.75 Å². The molecule has 3 heteroatoms. The molecule has 1 atom stereocenters. The van der Waals surface area contributed by atoms with Crippen LogP contribution in [0.2, 0.25) is 0 Å². The molecule has 3 rings (SSSR count). The zero-order valence-corrected chi connectivity index (χ0v) is 24.3. The first-order chi connectivity index (χ1) is 18.0. The van der Waals surface area contributed by atoms with E-state index in [-0.39, 0.29) is 11.7 Å². The first-order valence-electron chi connectivity index (χ1n) is 16.2. The maximum absolute atomic E-state index is 15.0. The van der Waals surface area contributed by atoms with Gasteiger partial charge in [0.1, 0.15) is 0 Å². The largest absolute Gasteiger partial charge is 0.490 e. The van der Waals surface area contributed by atoms with Gasteiger partial charge in [-0.1, -0.05) is 104 Å². The highest BCUT2D eigenvalue weighted by atomic mass is 19.2. The van der Waals surface area contributed by atoms with Gasteiger partial charge in [0.15, 0.2) is 11.6 Å². The molecule has 212 valence electrons. The summed E-state index contributed by atoms with van der Waals surface area (Å²) in [6, 6.07) is 3.46. The van der Waals surface area contributed by atoms with E-state index in [1.807, 2.05) is 0 Å². The van der Waals surface area contributed by atoms with Crippen molar-refractivity contribution in [2.24, 2.45) is 23.7 Å². The minimum absolute atomic E-state index is 0.0793. The topological polar surface area (TPSA) is 9.23 Å². The Kier molecular flexibility index (Phi) is 13.8. The van der Waals surface area contributed by atoms with Gasteiger partial charge < -0.3 is 4.74 Å². The van der Waals surface area contributed by atoms with E-state index in [9.17, 15) is 4.39 Å². The Labute approximate surface area is 227 Å². The first-order valence-corrected chi connectivity index (χ1v) is 16.2. The van der Waals surface area contributed by atoms with Crippen LogP contribution in [0.15, 0.2) is 12.1 Å². The molecule has 0 spiro atoms. The molecule has 0 amide bonds. The normalized spacial score (nSPS) is 25.2. The molecule has 0 radical (unpaired) electrons. The van der Waals surface area contributed by atoms with Gasteiger partial charge in [0, 0.05) is 0 Å². The fourth-order valence-electron chi connectivity index (χ4n) is 7.24. The van der Waals surface area contributed by atoms with Gasteiger partial charge in [-0.3, -0.25) is 0 Å². The molecule has 1 nitrogen and oxygen atoms in total. The molecule has 0 heterocycles. The highest BCUT2D eigenvalue weighted by Gasteiger charge is 2.33. The van der Waals surface area contributed by atoms with Gasteiger partial charge >= 0.3 is 0 Å². The molecule has 2 aliphatic carbocycles. The van der Waals surface area contributed by atoms with E-state index in [0.29, 0.717) is 12.2 Å². The number of rotatable bonds is 16. The number of hydrogen-bond donors (Lipinski definition) is 0. The maximum Gasteiger partial charge on any atom is 0.200 e. The molecule has 1 unspecified atom stereocenters. The lowest BCUT2D eigenvalue weighted by Crippen LogP contribution is -2.28. The summed E-state index contributed by atoms with van der Waals surface area (Å²) in [6.45, 7) is 7.42. The van der Waals surface area contributed by atoms with Gasteiger partial charge in [-0.2, -0.15) is 4.39 Å². The number of halogens is 2.